The van der Waals surface area contributed by atoms with Gasteiger partial charge in [-0.3, -0.25) is 19.7 Å². The maximum atomic E-state index is 14.1. The van der Waals surface area contributed by atoms with Crippen LogP contribution in [0.25, 0.3) is 0 Å². The number of amides is 3. The van der Waals surface area contributed by atoms with Gasteiger partial charge in [-0.15, -0.1) is 0 Å². The Hall–Kier alpha value is -2.73. The zero-order valence-corrected chi connectivity index (χ0v) is 17.3. The highest BCUT2D eigenvalue weighted by Gasteiger charge is 2.46. The Bertz CT molecular complexity index is 1000. The summed E-state index contributed by atoms with van der Waals surface area (Å²) >= 11 is 6.11. The van der Waals surface area contributed by atoms with Crippen molar-refractivity contribution < 1.29 is 18.8 Å². The number of carbonyl (C=O) groups is 3. The maximum absolute atomic E-state index is 14.1. The highest BCUT2D eigenvalue weighted by molar-refractivity contribution is 6.31. The number of hydrogen-bond donors (Lipinski definition) is 2. The average molecular weight is 429 g/mol. The summed E-state index contributed by atoms with van der Waals surface area (Å²) in [6.07, 6.45) is 1.90. The van der Waals surface area contributed by atoms with Gasteiger partial charge in [0.05, 0.1) is 5.41 Å². The zero-order chi connectivity index (χ0) is 21.5. The number of hydrogen-bond acceptors (Lipinski definition) is 3. The van der Waals surface area contributed by atoms with Gasteiger partial charge in [-0.1, -0.05) is 36.7 Å². The van der Waals surface area contributed by atoms with Crippen molar-refractivity contribution in [3.63, 3.8) is 0 Å². The summed E-state index contributed by atoms with van der Waals surface area (Å²) in [7, 11) is 0. The van der Waals surface area contributed by atoms with Gasteiger partial charge in [-0.05, 0) is 49.1 Å². The van der Waals surface area contributed by atoms with E-state index in [0.717, 1.165) is 5.56 Å². The van der Waals surface area contributed by atoms with Crippen molar-refractivity contribution in [2.24, 2.45) is 5.92 Å². The lowest BCUT2D eigenvalue weighted by molar-refractivity contribution is -0.138. The Morgan fingerprint density at radius 2 is 1.97 bits per heavy atom. The molecule has 0 bridgehead atoms. The van der Waals surface area contributed by atoms with Crippen LogP contribution in [0.2, 0.25) is 5.02 Å². The Morgan fingerprint density at radius 1 is 1.23 bits per heavy atom. The van der Waals surface area contributed by atoms with Gasteiger partial charge >= 0.3 is 0 Å². The molecule has 2 N–H and O–H groups in total. The van der Waals surface area contributed by atoms with E-state index in [1.165, 1.54) is 6.07 Å². The number of imide groups is 1. The molecule has 30 heavy (non-hydrogen) atoms. The molecular weight excluding hydrogens is 407 g/mol. The van der Waals surface area contributed by atoms with E-state index in [1.54, 1.807) is 24.3 Å². The van der Waals surface area contributed by atoms with Crippen molar-refractivity contribution >= 4 is 35.0 Å². The molecule has 2 fully saturated rings. The second-order valence-corrected chi connectivity index (χ2v) is 8.37. The predicted octanol–water partition coefficient (Wildman–Crippen LogP) is 4.31. The van der Waals surface area contributed by atoms with Crippen LogP contribution >= 0.6 is 11.6 Å². The third kappa shape index (κ3) is 3.60. The molecule has 4 rings (SSSR count). The van der Waals surface area contributed by atoms with Gasteiger partial charge < -0.3 is 5.32 Å². The minimum absolute atomic E-state index is 0.182. The van der Waals surface area contributed by atoms with E-state index in [2.05, 4.69) is 10.6 Å². The first-order valence-corrected chi connectivity index (χ1v) is 10.4. The van der Waals surface area contributed by atoms with Crippen LogP contribution in [0.15, 0.2) is 42.5 Å². The van der Waals surface area contributed by atoms with Crippen molar-refractivity contribution in [3.8, 4) is 0 Å². The molecule has 1 aliphatic carbocycles. The van der Waals surface area contributed by atoms with Crippen LogP contribution in [0.5, 0.6) is 0 Å². The number of benzene rings is 2. The van der Waals surface area contributed by atoms with Crippen LogP contribution in [0.1, 0.15) is 49.7 Å². The van der Waals surface area contributed by atoms with Crippen LogP contribution in [0.3, 0.4) is 0 Å². The number of anilines is 1. The lowest BCUT2D eigenvalue weighted by atomic mass is 9.72. The monoisotopic (exact) mass is 428 g/mol. The first kappa shape index (κ1) is 20.5. The Balaban J connectivity index is 1.45. The smallest absolute Gasteiger partial charge is 0.237 e. The quantitative estimate of drug-likeness (QED) is 0.697. The highest BCUT2D eigenvalue weighted by atomic mass is 35.5. The first-order valence-electron chi connectivity index (χ1n) is 10.1. The fourth-order valence-corrected chi connectivity index (χ4v) is 4.65. The average Bonchev–Trinajstić information content (AvgIpc) is 3.50. The molecular formula is C23H22ClFN2O3. The molecule has 3 amide bonds. The topological polar surface area (TPSA) is 75.3 Å². The van der Waals surface area contributed by atoms with E-state index in [9.17, 15) is 18.8 Å². The first-order chi connectivity index (χ1) is 14.4. The number of halogens is 2. The van der Waals surface area contributed by atoms with Crippen LogP contribution < -0.4 is 10.6 Å². The van der Waals surface area contributed by atoms with E-state index in [4.69, 9.17) is 11.6 Å². The molecule has 1 saturated heterocycles. The summed E-state index contributed by atoms with van der Waals surface area (Å²) in [6, 6.07) is 11.7. The molecule has 156 valence electrons. The van der Waals surface area contributed by atoms with Gasteiger partial charge in [0, 0.05) is 34.5 Å². The molecule has 0 spiro atoms. The van der Waals surface area contributed by atoms with Crippen molar-refractivity contribution in [1.29, 1.82) is 0 Å². The molecule has 1 heterocycles. The lowest BCUT2D eigenvalue weighted by Crippen LogP contribution is -2.51. The lowest BCUT2D eigenvalue weighted by Gasteiger charge is -2.35. The molecule has 2 aromatic carbocycles. The van der Waals surface area contributed by atoms with Crippen molar-refractivity contribution in [1.82, 2.24) is 5.32 Å². The Labute approximate surface area is 179 Å². The van der Waals surface area contributed by atoms with Crippen LogP contribution in [-0.2, 0) is 19.8 Å². The molecule has 0 aromatic heterocycles. The fraction of sp³-hybridized carbons (Fsp3) is 0.348. The molecule has 7 heteroatoms. The summed E-state index contributed by atoms with van der Waals surface area (Å²) in [5.74, 6) is -1.64. The summed E-state index contributed by atoms with van der Waals surface area (Å²) in [6.45, 7) is 1.92. The summed E-state index contributed by atoms with van der Waals surface area (Å²) in [4.78, 5) is 36.6. The van der Waals surface area contributed by atoms with E-state index in [0.29, 0.717) is 42.0 Å². The minimum atomic E-state index is -0.736. The van der Waals surface area contributed by atoms with Crippen molar-refractivity contribution in [2.75, 3.05) is 5.32 Å². The van der Waals surface area contributed by atoms with E-state index >= 15 is 0 Å². The fourth-order valence-electron chi connectivity index (χ4n) is 4.34. The highest BCUT2D eigenvalue weighted by Crippen LogP contribution is 2.51. The predicted molar refractivity (Wildman–Crippen MR) is 112 cm³/mol. The SMILES string of the molecule is CC[C@]1(c2ccc(NC(=O)[C@@H]3C[C@@H]3c3c(F)cccc3Cl)cc2)CCC(=O)NC1=O. The normalized spacial score (nSPS) is 25.6. The van der Waals surface area contributed by atoms with Gasteiger partial charge in [-0.25, -0.2) is 4.39 Å². The molecule has 1 saturated carbocycles. The van der Waals surface area contributed by atoms with Crippen LogP contribution in [-0.4, -0.2) is 17.7 Å². The summed E-state index contributed by atoms with van der Waals surface area (Å²) in [5.41, 5.74) is 1.08. The zero-order valence-electron chi connectivity index (χ0n) is 16.5. The summed E-state index contributed by atoms with van der Waals surface area (Å²) < 4.78 is 14.1. The van der Waals surface area contributed by atoms with Crippen LogP contribution in [0.4, 0.5) is 10.1 Å². The Morgan fingerprint density at radius 3 is 2.60 bits per heavy atom. The molecule has 0 unspecified atom stereocenters. The largest absolute Gasteiger partial charge is 0.326 e. The standard InChI is InChI=1S/C23H22ClFN2O3/c1-2-23(11-10-19(28)27-22(23)30)13-6-8-14(9-7-13)26-21(29)16-12-15(16)20-17(24)4-3-5-18(20)25/h3-9,15-16H,2,10-12H2,1H3,(H,26,29)(H,27,28,30)/t15-,16+,23+/m0/s1. The van der Waals surface area contributed by atoms with E-state index in [-0.39, 0.29) is 35.4 Å². The molecule has 2 aliphatic rings. The number of carbonyl (C=O) groups excluding carboxylic acids is 3. The van der Waals surface area contributed by atoms with E-state index < -0.39 is 5.41 Å². The van der Waals surface area contributed by atoms with Gasteiger partial charge in [0.15, 0.2) is 0 Å². The number of rotatable bonds is 5. The maximum Gasteiger partial charge on any atom is 0.237 e. The molecule has 1 aliphatic heterocycles. The van der Waals surface area contributed by atoms with Crippen molar-refractivity contribution in [3.05, 3.63) is 64.4 Å². The molecule has 0 radical (unpaired) electrons. The van der Waals surface area contributed by atoms with Gasteiger partial charge in [-0.2, -0.15) is 0 Å². The van der Waals surface area contributed by atoms with Gasteiger partial charge in [0.1, 0.15) is 5.82 Å². The number of nitrogens with one attached hydrogen (secondary N) is 2. The van der Waals surface area contributed by atoms with Crippen molar-refractivity contribution in [2.45, 2.75) is 43.9 Å². The van der Waals surface area contributed by atoms with E-state index in [1.807, 2.05) is 19.1 Å². The van der Waals surface area contributed by atoms with Gasteiger partial charge in [0.25, 0.3) is 0 Å². The second kappa shape index (κ2) is 7.84. The van der Waals surface area contributed by atoms with Gasteiger partial charge in [0.2, 0.25) is 17.7 Å². The molecule has 2 aromatic rings. The molecule has 5 nitrogen and oxygen atoms in total. The second-order valence-electron chi connectivity index (χ2n) is 7.96. The minimum Gasteiger partial charge on any atom is -0.326 e. The van der Waals surface area contributed by atoms with Crippen LogP contribution in [0, 0.1) is 11.7 Å². The Kier molecular flexibility index (Phi) is 5.36. The number of piperidine rings is 1. The third-order valence-corrected chi connectivity index (χ3v) is 6.60. The third-order valence-electron chi connectivity index (χ3n) is 6.27. The molecule has 3 atom stereocenters. The summed E-state index contributed by atoms with van der Waals surface area (Å²) in [5, 5.41) is 5.63.